The second-order valence-electron chi connectivity index (χ2n) is 7.28. The van der Waals surface area contributed by atoms with Crippen LogP contribution in [0.3, 0.4) is 0 Å². The number of pyridine rings is 1. The molecular formula is C20H29N5O. The lowest BCUT2D eigenvalue weighted by atomic mass is 9.99. The van der Waals surface area contributed by atoms with Crippen molar-refractivity contribution in [2.45, 2.75) is 58.7 Å². The number of nitrogens with zero attached hydrogens (tertiary/aromatic N) is 4. The molecule has 0 radical (unpaired) electrons. The number of aryl methyl sites for hydroxylation is 2. The highest BCUT2D eigenvalue weighted by molar-refractivity contribution is 5.82. The van der Waals surface area contributed by atoms with E-state index in [1.165, 1.54) is 0 Å². The van der Waals surface area contributed by atoms with Crippen LogP contribution in [0.4, 0.5) is 0 Å². The Bertz CT molecular complexity index is 755. The van der Waals surface area contributed by atoms with Crippen molar-refractivity contribution in [2.75, 3.05) is 6.54 Å². The Labute approximate surface area is 155 Å². The zero-order valence-electron chi connectivity index (χ0n) is 16.2. The fourth-order valence-corrected chi connectivity index (χ4v) is 4.00. The molecule has 1 amide bonds. The first-order valence-electron chi connectivity index (χ1n) is 9.40. The Morgan fingerprint density at radius 2 is 2.19 bits per heavy atom. The molecule has 1 N–H and O–H groups in total. The molecule has 0 saturated carbocycles. The molecule has 1 fully saturated rings. The van der Waals surface area contributed by atoms with Crippen molar-refractivity contribution in [3.63, 3.8) is 0 Å². The van der Waals surface area contributed by atoms with Gasteiger partial charge >= 0.3 is 0 Å². The Balaban J connectivity index is 1.70. The van der Waals surface area contributed by atoms with E-state index < -0.39 is 0 Å². The van der Waals surface area contributed by atoms with E-state index in [2.05, 4.69) is 26.4 Å². The van der Waals surface area contributed by atoms with Gasteiger partial charge in [0.25, 0.3) is 0 Å². The molecular weight excluding hydrogens is 326 g/mol. The molecule has 2 aromatic rings. The van der Waals surface area contributed by atoms with E-state index in [-0.39, 0.29) is 18.0 Å². The maximum Gasteiger partial charge on any atom is 0.237 e. The van der Waals surface area contributed by atoms with Gasteiger partial charge in [-0.25, -0.2) is 0 Å². The third kappa shape index (κ3) is 3.96. The van der Waals surface area contributed by atoms with Crippen molar-refractivity contribution in [1.82, 2.24) is 25.0 Å². The van der Waals surface area contributed by atoms with Crippen LogP contribution in [0.2, 0.25) is 0 Å². The molecule has 1 aliphatic rings. The molecule has 3 heterocycles. The van der Waals surface area contributed by atoms with Crippen molar-refractivity contribution in [3.8, 4) is 0 Å². The SMILES string of the molecule is Cc1nn(C)c(C)c1C(C)NC(=O)C1CCCCN1Cc1cccnc1. The van der Waals surface area contributed by atoms with E-state index in [1.807, 2.05) is 44.8 Å². The first-order chi connectivity index (χ1) is 12.5. The maximum atomic E-state index is 13.0. The average molecular weight is 355 g/mol. The molecule has 0 bridgehead atoms. The molecule has 3 rings (SSSR count). The first-order valence-corrected chi connectivity index (χ1v) is 9.40. The third-order valence-corrected chi connectivity index (χ3v) is 5.38. The van der Waals surface area contributed by atoms with Crippen molar-refractivity contribution in [2.24, 2.45) is 7.05 Å². The summed E-state index contributed by atoms with van der Waals surface area (Å²) < 4.78 is 1.88. The Morgan fingerprint density at radius 1 is 1.38 bits per heavy atom. The zero-order chi connectivity index (χ0) is 18.7. The van der Waals surface area contributed by atoms with E-state index in [0.29, 0.717) is 0 Å². The molecule has 6 heteroatoms. The molecule has 0 spiro atoms. The van der Waals surface area contributed by atoms with Gasteiger partial charge in [0.15, 0.2) is 0 Å². The summed E-state index contributed by atoms with van der Waals surface area (Å²) in [7, 11) is 1.94. The van der Waals surface area contributed by atoms with Crippen molar-refractivity contribution >= 4 is 5.91 Å². The normalized spacial score (nSPS) is 19.3. The monoisotopic (exact) mass is 355 g/mol. The highest BCUT2D eigenvalue weighted by Gasteiger charge is 2.30. The summed E-state index contributed by atoms with van der Waals surface area (Å²) >= 11 is 0. The number of rotatable bonds is 5. The molecule has 1 saturated heterocycles. The third-order valence-electron chi connectivity index (χ3n) is 5.38. The van der Waals surface area contributed by atoms with Gasteiger partial charge in [0.2, 0.25) is 5.91 Å². The Morgan fingerprint density at radius 3 is 2.85 bits per heavy atom. The number of hydrogen-bond acceptors (Lipinski definition) is 4. The van der Waals surface area contributed by atoms with Gasteiger partial charge in [0.05, 0.1) is 17.8 Å². The lowest BCUT2D eigenvalue weighted by Gasteiger charge is -2.35. The number of nitrogens with one attached hydrogen (secondary N) is 1. The number of amides is 1. The predicted molar refractivity (Wildman–Crippen MR) is 102 cm³/mol. The largest absolute Gasteiger partial charge is 0.348 e. The molecule has 1 aliphatic heterocycles. The van der Waals surface area contributed by atoms with Gasteiger partial charge < -0.3 is 5.32 Å². The van der Waals surface area contributed by atoms with E-state index in [4.69, 9.17) is 0 Å². The van der Waals surface area contributed by atoms with Crippen LogP contribution in [-0.2, 0) is 18.4 Å². The smallest absolute Gasteiger partial charge is 0.237 e. The lowest BCUT2D eigenvalue weighted by molar-refractivity contribution is -0.128. The van der Waals surface area contributed by atoms with Crippen LogP contribution in [0.25, 0.3) is 0 Å². The van der Waals surface area contributed by atoms with Crippen molar-refractivity contribution in [3.05, 3.63) is 47.0 Å². The molecule has 2 unspecified atom stereocenters. The molecule has 0 aromatic carbocycles. The van der Waals surface area contributed by atoms with Gasteiger partial charge in [-0.2, -0.15) is 5.10 Å². The predicted octanol–water partition coefficient (Wildman–Crippen LogP) is 2.66. The van der Waals surface area contributed by atoms with Gasteiger partial charge in [-0.15, -0.1) is 0 Å². The lowest BCUT2D eigenvalue weighted by Crippen LogP contribution is -2.49. The zero-order valence-corrected chi connectivity index (χ0v) is 16.2. The van der Waals surface area contributed by atoms with Gasteiger partial charge in [-0.05, 0) is 51.8 Å². The quantitative estimate of drug-likeness (QED) is 0.896. The fraction of sp³-hybridized carbons (Fsp3) is 0.550. The Hall–Kier alpha value is -2.21. The molecule has 2 atom stereocenters. The van der Waals surface area contributed by atoms with Gasteiger partial charge in [-0.1, -0.05) is 12.5 Å². The van der Waals surface area contributed by atoms with E-state index in [0.717, 1.165) is 54.9 Å². The highest BCUT2D eigenvalue weighted by atomic mass is 16.2. The second-order valence-corrected chi connectivity index (χ2v) is 7.28. The molecule has 0 aliphatic carbocycles. The van der Waals surface area contributed by atoms with E-state index in [1.54, 1.807) is 6.20 Å². The number of aromatic nitrogens is 3. The van der Waals surface area contributed by atoms with Crippen LogP contribution in [0, 0.1) is 13.8 Å². The summed E-state index contributed by atoms with van der Waals surface area (Å²) in [5, 5.41) is 7.70. The number of carbonyl (C=O) groups excluding carboxylic acids is 1. The topological polar surface area (TPSA) is 63.1 Å². The van der Waals surface area contributed by atoms with Gasteiger partial charge in [0, 0.05) is 37.2 Å². The number of hydrogen-bond donors (Lipinski definition) is 1. The molecule has 140 valence electrons. The molecule has 2 aromatic heterocycles. The van der Waals surface area contributed by atoms with Crippen LogP contribution >= 0.6 is 0 Å². The molecule has 26 heavy (non-hydrogen) atoms. The number of piperidine rings is 1. The minimum absolute atomic E-state index is 0.0432. The van der Waals surface area contributed by atoms with E-state index >= 15 is 0 Å². The Kier molecular flexibility index (Phi) is 5.71. The maximum absolute atomic E-state index is 13.0. The minimum Gasteiger partial charge on any atom is -0.348 e. The van der Waals surface area contributed by atoms with Gasteiger partial charge in [-0.3, -0.25) is 19.4 Å². The summed E-state index contributed by atoms with van der Waals surface area (Å²) in [5.41, 5.74) is 4.36. The van der Waals surface area contributed by atoms with Crippen molar-refractivity contribution < 1.29 is 4.79 Å². The highest BCUT2D eigenvalue weighted by Crippen LogP contribution is 2.23. The minimum atomic E-state index is -0.0799. The van der Waals surface area contributed by atoms with Gasteiger partial charge in [0.1, 0.15) is 0 Å². The standard InChI is InChI=1S/C20H29N5O/c1-14(19-15(2)23-24(4)16(19)3)22-20(26)18-9-5-6-11-25(18)13-17-8-7-10-21-12-17/h7-8,10,12,14,18H,5-6,9,11,13H2,1-4H3,(H,22,26). The number of carbonyl (C=O) groups is 1. The number of likely N-dealkylation sites (tertiary alicyclic amines) is 1. The first kappa shape index (κ1) is 18.6. The van der Waals surface area contributed by atoms with Crippen LogP contribution in [0.5, 0.6) is 0 Å². The van der Waals surface area contributed by atoms with Crippen LogP contribution in [-0.4, -0.2) is 38.2 Å². The summed E-state index contributed by atoms with van der Waals surface area (Å²) in [6, 6.07) is 3.90. The summed E-state index contributed by atoms with van der Waals surface area (Å²) in [6.45, 7) is 7.81. The second kappa shape index (κ2) is 7.99. The van der Waals surface area contributed by atoms with Crippen LogP contribution in [0.15, 0.2) is 24.5 Å². The molecule has 6 nitrogen and oxygen atoms in total. The van der Waals surface area contributed by atoms with Crippen LogP contribution < -0.4 is 5.32 Å². The van der Waals surface area contributed by atoms with Crippen LogP contribution in [0.1, 0.15) is 54.7 Å². The summed E-state index contributed by atoms with van der Waals surface area (Å²) in [4.78, 5) is 19.5. The summed E-state index contributed by atoms with van der Waals surface area (Å²) in [6.07, 6.45) is 6.81. The van der Waals surface area contributed by atoms with E-state index in [9.17, 15) is 4.79 Å². The van der Waals surface area contributed by atoms with Crippen molar-refractivity contribution in [1.29, 1.82) is 0 Å². The fourth-order valence-electron chi connectivity index (χ4n) is 4.00. The average Bonchev–Trinajstić information content (AvgIpc) is 2.88. The summed E-state index contributed by atoms with van der Waals surface area (Å²) in [5.74, 6) is 0.115.